The van der Waals surface area contributed by atoms with Gasteiger partial charge in [0, 0.05) is 4.90 Å². The van der Waals surface area contributed by atoms with Crippen molar-refractivity contribution in [2.75, 3.05) is 18.1 Å². The Hall–Kier alpha value is -2.74. The van der Waals surface area contributed by atoms with Gasteiger partial charge in [-0.3, -0.25) is 14.5 Å². The minimum atomic E-state index is -4.42. The molecule has 0 spiro atoms. The van der Waals surface area contributed by atoms with Crippen LogP contribution in [0.4, 0.5) is 18.9 Å². The number of amides is 1. The number of anilines is 1. The van der Waals surface area contributed by atoms with Crippen molar-refractivity contribution < 1.29 is 27.5 Å². The molecule has 1 heterocycles. The highest BCUT2D eigenvalue weighted by atomic mass is 32.2. The molecule has 146 valence electrons. The molecule has 1 aliphatic heterocycles. The van der Waals surface area contributed by atoms with Crippen LogP contribution in [0.25, 0.3) is 6.08 Å². The van der Waals surface area contributed by atoms with Gasteiger partial charge in [-0.2, -0.15) is 13.2 Å². The molecule has 0 aromatic heterocycles. The highest BCUT2D eigenvalue weighted by Crippen LogP contribution is 2.42. The van der Waals surface area contributed by atoms with Crippen molar-refractivity contribution in [2.45, 2.75) is 18.0 Å². The normalized spacial score (nSPS) is 15.5. The molecular weight excluding hydrogens is 391 g/mol. The van der Waals surface area contributed by atoms with Crippen LogP contribution in [0, 0.1) is 0 Å². The molecule has 0 radical (unpaired) electrons. The van der Waals surface area contributed by atoms with Gasteiger partial charge in [0.2, 0.25) is 0 Å². The number of rotatable bonds is 4. The number of para-hydroxylation sites is 1. The Balaban J connectivity index is 1.93. The topological polar surface area (TPSA) is 46.6 Å². The number of carbonyl (C=O) groups is 2. The molecule has 2 aromatic carbocycles. The molecule has 2 aromatic rings. The van der Waals surface area contributed by atoms with E-state index in [2.05, 4.69) is 0 Å². The van der Waals surface area contributed by atoms with Gasteiger partial charge in [-0.1, -0.05) is 36.0 Å². The minimum absolute atomic E-state index is 0.200. The Bertz CT molecular complexity index is 923. The maximum atomic E-state index is 12.9. The number of esters is 1. The molecule has 0 unspecified atom stereocenters. The summed E-state index contributed by atoms with van der Waals surface area (Å²) in [7, 11) is 0. The second-order valence-corrected chi connectivity index (χ2v) is 6.98. The van der Waals surface area contributed by atoms with Gasteiger partial charge in [-0.05, 0) is 42.8 Å². The number of hydrogen-bond donors (Lipinski definition) is 0. The van der Waals surface area contributed by atoms with Gasteiger partial charge in [-0.25, -0.2) is 0 Å². The molecule has 0 fully saturated rings. The first kappa shape index (κ1) is 20.0. The molecule has 0 aliphatic carbocycles. The number of alkyl halides is 3. The Kier molecular flexibility index (Phi) is 5.79. The zero-order chi connectivity index (χ0) is 20.3. The first-order valence-electron chi connectivity index (χ1n) is 8.43. The van der Waals surface area contributed by atoms with E-state index in [1.54, 1.807) is 25.1 Å². The molecule has 1 aliphatic rings. The van der Waals surface area contributed by atoms with Crippen LogP contribution >= 0.6 is 11.8 Å². The van der Waals surface area contributed by atoms with Crippen LogP contribution in [0.3, 0.4) is 0 Å². The predicted molar refractivity (Wildman–Crippen MR) is 101 cm³/mol. The SMILES string of the molecule is CCOC(=O)CN1C(=O)C(=Cc2ccc(C(F)(F)F)cc2)Sc2ccccc21. The molecule has 3 rings (SSSR count). The second-order valence-electron chi connectivity index (χ2n) is 5.89. The summed E-state index contributed by atoms with van der Waals surface area (Å²) in [5, 5.41) is 0. The molecular formula is C20H16F3NO3S. The van der Waals surface area contributed by atoms with Crippen molar-refractivity contribution in [3.8, 4) is 0 Å². The van der Waals surface area contributed by atoms with Gasteiger partial charge in [0.05, 0.1) is 22.8 Å². The molecule has 8 heteroatoms. The standard InChI is InChI=1S/C20H16F3NO3S/c1-2-27-18(25)12-24-15-5-3-4-6-16(15)28-17(19(24)26)11-13-7-9-14(10-8-13)20(21,22)23/h3-11H,2,12H2,1H3. The Morgan fingerprint density at radius 2 is 1.82 bits per heavy atom. The summed E-state index contributed by atoms with van der Waals surface area (Å²) in [6.45, 7) is 1.63. The van der Waals surface area contributed by atoms with Gasteiger partial charge < -0.3 is 4.74 Å². The molecule has 0 bridgehead atoms. The van der Waals surface area contributed by atoms with E-state index in [1.807, 2.05) is 6.07 Å². The zero-order valence-electron chi connectivity index (χ0n) is 14.8. The van der Waals surface area contributed by atoms with Crippen LogP contribution in [0.1, 0.15) is 18.1 Å². The smallest absolute Gasteiger partial charge is 0.416 e. The van der Waals surface area contributed by atoms with Crippen LogP contribution in [-0.2, 0) is 20.5 Å². The maximum Gasteiger partial charge on any atom is 0.416 e. The third-order valence-corrected chi connectivity index (χ3v) is 5.04. The van der Waals surface area contributed by atoms with E-state index in [4.69, 9.17) is 4.74 Å². The van der Waals surface area contributed by atoms with E-state index in [9.17, 15) is 22.8 Å². The fourth-order valence-electron chi connectivity index (χ4n) is 2.67. The number of nitrogens with zero attached hydrogens (tertiary/aromatic N) is 1. The quantitative estimate of drug-likeness (QED) is 0.542. The van der Waals surface area contributed by atoms with Gasteiger partial charge in [0.1, 0.15) is 6.54 Å². The fraction of sp³-hybridized carbons (Fsp3) is 0.200. The Labute approximate surface area is 164 Å². The lowest BCUT2D eigenvalue weighted by Gasteiger charge is -2.29. The molecule has 4 nitrogen and oxygen atoms in total. The average Bonchev–Trinajstić information content (AvgIpc) is 2.65. The van der Waals surface area contributed by atoms with Gasteiger partial charge in [0.25, 0.3) is 5.91 Å². The van der Waals surface area contributed by atoms with Crippen molar-refractivity contribution >= 4 is 35.4 Å². The van der Waals surface area contributed by atoms with Crippen LogP contribution in [0.15, 0.2) is 58.3 Å². The Morgan fingerprint density at radius 1 is 1.14 bits per heavy atom. The summed E-state index contributed by atoms with van der Waals surface area (Å²) >= 11 is 1.21. The number of benzene rings is 2. The number of hydrogen-bond acceptors (Lipinski definition) is 4. The van der Waals surface area contributed by atoms with Gasteiger partial charge in [0.15, 0.2) is 0 Å². The molecule has 0 atom stereocenters. The summed E-state index contributed by atoms with van der Waals surface area (Å²) in [5.74, 6) is -0.942. The van der Waals surface area contributed by atoms with Gasteiger partial charge >= 0.3 is 12.1 Å². The Morgan fingerprint density at radius 3 is 2.46 bits per heavy atom. The summed E-state index contributed by atoms with van der Waals surface area (Å²) in [6, 6.07) is 11.7. The van der Waals surface area contributed by atoms with Crippen LogP contribution in [0.5, 0.6) is 0 Å². The van der Waals surface area contributed by atoms with Gasteiger partial charge in [-0.15, -0.1) is 0 Å². The summed E-state index contributed by atoms with van der Waals surface area (Å²) in [4.78, 5) is 27.2. The number of ether oxygens (including phenoxy) is 1. The third kappa shape index (κ3) is 4.39. The molecule has 28 heavy (non-hydrogen) atoms. The zero-order valence-corrected chi connectivity index (χ0v) is 15.6. The molecule has 0 saturated carbocycles. The predicted octanol–water partition coefficient (Wildman–Crippen LogP) is 4.75. The lowest BCUT2D eigenvalue weighted by atomic mass is 10.1. The third-order valence-electron chi connectivity index (χ3n) is 3.96. The average molecular weight is 407 g/mol. The van der Waals surface area contributed by atoms with E-state index in [0.29, 0.717) is 16.2 Å². The summed E-state index contributed by atoms with van der Waals surface area (Å²) in [6.07, 6.45) is -2.91. The van der Waals surface area contributed by atoms with Crippen LogP contribution in [-0.4, -0.2) is 25.0 Å². The van der Waals surface area contributed by atoms with Crippen molar-refractivity contribution in [3.63, 3.8) is 0 Å². The first-order valence-corrected chi connectivity index (χ1v) is 9.24. The molecule has 0 N–H and O–H groups in total. The number of carbonyl (C=O) groups excluding carboxylic acids is 2. The highest BCUT2D eigenvalue weighted by molar-refractivity contribution is 8.04. The van der Waals surface area contributed by atoms with Crippen LogP contribution in [0.2, 0.25) is 0 Å². The second kappa shape index (κ2) is 8.10. The minimum Gasteiger partial charge on any atom is -0.465 e. The lowest BCUT2D eigenvalue weighted by Crippen LogP contribution is -2.39. The number of halogens is 3. The van der Waals surface area contributed by atoms with E-state index < -0.39 is 23.6 Å². The van der Waals surface area contributed by atoms with Crippen molar-refractivity contribution in [2.24, 2.45) is 0 Å². The summed E-state index contributed by atoms with van der Waals surface area (Å²) < 4.78 is 43.1. The number of thioether (sulfide) groups is 1. The fourth-order valence-corrected chi connectivity index (χ4v) is 3.73. The maximum absolute atomic E-state index is 12.9. The van der Waals surface area contributed by atoms with E-state index in [-0.39, 0.29) is 13.2 Å². The van der Waals surface area contributed by atoms with E-state index >= 15 is 0 Å². The van der Waals surface area contributed by atoms with Crippen LogP contribution < -0.4 is 4.90 Å². The lowest BCUT2D eigenvalue weighted by molar-refractivity contribution is -0.142. The first-order chi connectivity index (χ1) is 13.3. The highest BCUT2D eigenvalue weighted by Gasteiger charge is 2.32. The largest absolute Gasteiger partial charge is 0.465 e. The van der Waals surface area contributed by atoms with Crippen molar-refractivity contribution in [1.82, 2.24) is 0 Å². The molecule has 1 amide bonds. The van der Waals surface area contributed by atoms with Crippen molar-refractivity contribution in [1.29, 1.82) is 0 Å². The number of fused-ring (bicyclic) bond motifs is 1. The van der Waals surface area contributed by atoms with E-state index in [0.717, 1.165) is 17.0 Å². The van der Waals surface area contributed by atoms with E-state index in [1.165, 1.54) is 34.9 Å². The summed E-state index contributed by atoms with van der Waals surface area (Å²) in [5.41, 5.74) is 0.293. The molecule has 0 saturated heterocycles. The van der Waals surface area contributed by atoms with Crippen molar-refractivity contribution in [3.05, 3.63) is 64.6 Å². The monoisotopic (exact) mass is 407 g/mol.